The predicted octanol–water partition coefficient (Wildman–Crippen LogP) is 3.22. The normalized spacial score (nSPS) is 10.8. The van der Waals surface area contributed by atoms with Crippen molar-refractivity contribution in [1.82, 2.24) is 14.5 Å². The molecule has 8 heteroatoms. The van der Waals surface area contributed by atoms with Gasteiger partial charge in [-0.25, -0.2) is 9.78 Å². The Kier molecular flexibility index (Phi) is 6.25. The van der Waals surface area contributed by atoms with Crippen molar-refractivity contribution in [3.05, 3.63) is 79.1 Å². The van der Waals surface area contributed by atoms with E-state index >= 15 is 0 Å². The minimum Gasteiger partial charge on any atom is -0.440 e. The summed E-state index contributed by atoms with van der Waals surface area (Å²) < 4.78 is 7.47. The molecule has 2 aromatic heterocycles. The molecule has 0 atom stereocenters. The van der Waals surface area contributed by atoms with Crippen LogP contribution >= 0.6 is 0 Å². The fourth-order valence-electron chi connectivity index (χ4n) is 3.44. The van der Waals surface area contributed by atoms with Crippen LogP contribution in [-0.4, -0.2) is 14.5 Å². The van der Waals surface area contributed by atoms with Crippen LogP contribution in [0.15, 0.2) is 39.9 Å². The van der Waals surface area contributed by atoms with Crippen LogP contribution < -0.4 is 21.7 Å². The number of nitrogens with zero attached hydrogens (tertiary/aromatic N) is 3. The van der Waals surface area contributed by atoms with E-state index in [0.29, 0.717) is 29.1 Å². The van der Waals surface area contributed by atoms with Crippen molar-refractivity contribution in [2.75, 3.05) is 5.73 Å². The van der Waals surface area contributed by atoms with Gasteiger partial charge in [-0.3, -0.25) is 14.3 Å². The Morgan fingerprint density at radius 2 is 1.97 bits per heavy atom. The van der Waals surface area contributed by atoms with Crippen molar-refractivity contribution in [3.8, 4) is 17.7 Å². The molecule has 3 aromatic rings. The van der Waals surface area contributed by atoms with Crippen molar-refractivity contribution >= 4 is 5.82 Å². The molecule has 0 aliphatic heterocycles. The zero-order valence-electron chi connectivity index (χ0n) is 18.0. The van der Waals surface area contributed by atoms with E-state index in [1.54, 1.807) is 24.3 Å². The lowest BCUT2D eigenvalue weighted by molar-refractivity contribution is 0.410. The summed E-state index contributed by atoms with van der Waals surface area (Å²) in [5, 5.41) is 9.27. The number of anilines is 1. The van der Waals surface area contributed by atoms with Crippen LogP contribution in [0.25, 0.3) is 0 Å². The Bertz CT molecular complexity index is 1280. The van der Waals surface area contributed by atoms with Crippen LogP contribution in [-0.2, 0) is 13.0 Å². The second-order valence-corrected chi connectivity index (χ2v) is 7.71. The second kappa shape index (κ2) is 8.88. The van der Waals surface area contributed by atoms with Crippen LogP contribution in [0, 0.1) is 18.3 Å². The molecule has 2 heterocycles. The van der Waals surface area contributed by atoms with E-state index in [-0.39, 0.29) is 18.3 Å². The van der Waals surface area contributed by atoms with Crippen LogP contribution in [0.2, 0.25) is 0 Å². The van der Waals surface area contributed by atoms with E-state index in [1.165, 1.54) is 4.57 Å². The molecule has 1 aromatic carbocycles. The summed E-state index contributed by atoms with van der Waals surface area (Å²) in [6.45, 7) is 7.65. The number of pyridine rings is 1. The number of nitrogen functional groups attached to an aromatic ring is 1. The Morgan fingerprint density at radius 1 is 1.23 bits per heavy atom. The third-order valence-corrected chi connectivity index (χ3v) is 4.82. The lowest BCUT2D eigenvalue weighted by Crippen LogP contribution is -2.34. The molecule has 0 amide bonds. The molecule has 0 aliphatic carbocycles. The molecule has 31 heavy (non-hydrogen) atoms. The van der Waals surface area contributed by atoms with Crippen LogP contribution in [0.1, 0.15) is 54.6 Å². The lowest BCUT2D eigenvalue weighted by Gasteiger charge is -2.19. The van der Waals surface area contributed by atoms with Gasteiger partial charge < -0.3 is 10.5 Å². The first-order valence-electron chi connectivity index (χ1n) is 10.0. The maximum Gasteiger partial charge on any atom is 0.331 e. The van der Waals surface area contributed by atoms with Crippen molar-refractivity contribution < 1.29 is 4.74 Å². The van der Waals surface area contributed by atoms with Gasteiger partial charge in [0.1, 0.15) is 11.6 Å². The highest BCUT2D eigenvalue weighted by molar-refractivity contribution is 5.43. The van der Waals surface area contributed by atoms with Gasteiger partial charge in [-0.2, -0.15) is 5.26 Å². The van der Waals surface area contributed by atoms with Crippen LogP contribution in [0.3, 0.4) is 0 Å². The molecule has 0 aliphatic rings. The third kappa shape index (κ3) is 4.83. The summed E-state index contributed by atoms with van der Waals surface area (Å²) in [5.74, 6) is 0.669. The van der Waals surface area contributed by atoms with Gasteiger partial charge in [0.05, 0.1) is 23.7 Å². The fraction of sp³-hybridized carbons (Fsp3) is 0.304. The first kappa shape index (κ1) is 21.8. The molecular weight excluding hydrogens is 394 g/mol. The number of benzene rings is 1. The number of ether oxygens (including phenoxy) is 1. The van der Waals surface area contributed by atoms with Crippen molar-refractivity contribution in [2.45, 2.75) is 46.6 Å². The molecular formula is C23H25N5O3. The number of aromatic nitrogens is 3. The standard InChI is InChI=1S/C23H25N5O3/c1-5-17-8-16(10-19(25)26-17)12-28-22(20(13(2)3)21(29)27-23(28)30)31-18-7-14(4)6-15(9-18)11-24/h6-10,13H,5,12H2,1-4H3,(H2,25,26)(H,27,29,30). The number of H-pyrrole nitrogens is 1. The lowest BCUT2D eigenvalue weighted by atomic mass is 10.1. The molecule has 0 fully saturated rings. The number of hydrogen-bond acceptors (Lipinski definition) is 6. The average Bonchev–Trinajstić information content (AvgIpc) is 2.69. The second-order valence-electron chi connectivity index (χ2n) is 7.71. The first-order chi connectivity index (χ1) is 14.7. The number of rotatable bonds is 6. The number of aromatic amines is 1. The Hall–Kier alpha value is -3.86. The third-order valence-electron chi connectivity index (χ3n) is 4.82. The van der Waals surface area contributed by atoms with Crippen LogP contribution in [0.4, 0.5) is 5.82 Å². The molecule has 160 valence electrons. The summed E-state index contributed by atoms with van der Waals surface area (Å²) in [5.41, 5.74) is 8.00. The first-order valence-corrected chi connectivity index (χ1v) is 10.0. The van der Waals surface area contributed by atoms with Gasteiger partial charge in [0.25, 0.3) is 5.56 Å². The smallest absolute Gasteiger partial charge is 0.331 e. The highest BCUT2D eigenvalue weighted by Crippen LogP contribution is 2.29. The van der Waals surface area contributed by atoms with Gasteiger partial charge in [-0.15, -0.1) is 0 Å². The van der Waals surface area contributed by atoms with Gasteiger partial charge in [-0.1, -0.05) is 20.8 Å². The summed E-state index contributed by atoms with van der Waals surface area (Å²) >= 11 is 0. The van der Waals surface area contributed by atoms with E-state index in [9.17, 15) is 14.9 Å². The summed E-state index contributed by atoms with van der Waals surface area (Å²) in [7, 11) is 0. The minimum atomic E-state index is -0.592. The molecule has 0 spiro atoms. The molecule has 0 radical (unpaired) electrons. The van der Waals surface area contributed by atoms with Crippen LogP contribution in [0.5, 0.6) is 11.6 Å². The summed E-state index contributed by atoms with van der Waals surface area (Å²) in [4.78, 5) is 32.0. The molecule has 0 unspecified atom stereocenters. The zero-order chi connectivity index (χ0) is 22.7. The van der Waals surface area contributed by atoms with Gasteiger partial charge in [0.15, 0.2) is 0 Å². The highest BCUT2D eigenvalue weighted by Gasteiger charge is 2.21. The quantitative estimate of drug-likeness (QED) is 0.631. The Labute approximate surface area is 180 Å². The number of nitrogens with one attached hydrogen (secondary N) is 1. The number of nitriles is 1. The maximum absolute atomic E-state index is 12.8. The monoisotopic (exact) mass is 419 g/mol. The Balaban J connectivity index is 2.20. The van der Waals surface area contributed by atoms with Crippen molar-refractivity contribution in [3.63, 3.8) is 0 Å². The maximum atomic E-state index is 12.8. The molecule has 0 bridgehead atoms. The van der Waals surface area contributed by atoms with E-state index in [2.05, 4.69) is 16.0 Å². The van der Waals surface area contributed by atoms with Gasteiger partial charge in [0, 0.05) is 5.69 Å². The fourth-order valence-corrected chi connectivity index (χ4v) is 3.44. The Morgan fingerprint density at radius 3 is 2.61 bits per heavy atom. The SMILES string of the molecule is CCc1cc(Cn2c(Oc3cc(C)cc(C#N)c3)c(C(C)C)c(=O)[nH]c2=O)cc(N)n1. The molecule has 8 nitrogen and oxygen atoms in total. The summed E-state index contributed by atoms with van der Waals surface area (Å²) in [6.07, 6.45) is 0.694. The minimum absolute atomic E-state index is 0.140. The van der Waals surface area contributed by atoms with Crippen molar-refractivity contribution in [2.24, 2.45) is 0 Å². The largest absolute Gasteiger partial charge is 0.440 e. The average molecular weight is 419 g/mol. The van der Waals surface area contributed by atoms with E-state index in [0.717, 1.165) is 16.8 Å². The molecule has 0 saturated heterocycles. The zero-order valence-corrected chi connectivity index (χ0v) is 18.0. The van der Waals surface area contributed by atoms with Gasteiger partial charge in [0.2, 0.25) is 5.88 Å². The molecule has 0 saturated carbocycles. The predicted molar refractivity (Wildman–Crippen MR) is 119 cm³/mol. The van der Waals surface area contributed by atoms with Gasteiger partial charge in [-0.05, 0) is 60.7 Å². The number of aryl methyl sites for hydroxylation is 2. The number of hydrogen-bond donors (Lipinski definition) is 2. The van der Waals surface area contributed by atoms with Gasteiger partial charge >= 0.3 is 5.69 Å². The topological polar surface area (TPSA) is 127 Å². The van der Waals surface area contributed by atoms with Crippen molar-refractivity contribution in [1.29, 1.82) is 5.26 Å². The number of nitrogens with two attached hydrogens (primary N) is 1. The van der Waals surface area contributed by atoms with E-state index < -0.39 is 11.2 Å². The van der Waals surface area contributed by atoms with E-state index in [4.69, 9.17) is 10.5 Å². The molecule has 3 N–H and O–H groups in total. The highest BCUT2D eigenvalue weighted by atomic mass is 16.5. The van der Waals surface area contributed by atoms with E-state index in [1.807, 2.05) is 33.8 Å². The molecule has 3 rings (SSSR count). The summed E-state index contributed by atoms with van der Waals surface area (Å²) in [6, 6.07) is 10.7.